The van der Waals surface area contributed by atoms with Crippen molar-refractivity contribution < 1.29 is 4.79 Å². The van der Waals surface area contributed by atoms with Gasteiger partial charge in [-0.3, -0.25) is 14.9 Å². The summed E-state index contributed by atoms with van der Waals surface area (Å²) in [4.78, 5) is 20.3. The standard InChI is InChI=1S/C21H24N6O/c1-21(2)6-5-15-17(10-21)26-27-19(15)14-8-16(20(22)28)25-18(9-14)24-12-13-4-3-7-23-11-13/h3-4,7-9,11H,5-6,10,12H2,1-2H3,(H2,22,28)(H,24,25)(H,26,27). The molecular formula is C21H24N6O. The highest BCUT2D eigenvalue weighted by molar-refractivity contribution is 5.92. The first kappa shape index (κ1) is 18.2. The topological polar surface area (TPSA) is 110 Å². The van der Waals surface area contributed by atoms with Crippen molar-refractivity contribution in [1.29, 1.82) is 0 Å². The van der Waals surface area contributed by atoms with Crippen LogP contribution in [0.15, 0.2) is 36.7 Å². The van der Waals surface area contributed by atoms with Crippen molar-refractivity contribution >= 4 is 11.7 Å². The summed E-state index contributed by atoms with van der Waals surface area (Å²) in [5.41, 5.74) is 11.1. The molecule has 3 aromatic heterocycles. The molecule has 4 N–H and O–H groups in total. The number of carbonyl (C=O) groups excluding carboxylic acids is 1. The van der Waals surface area contributed by atoms with Crippen LogP contribution in [0.3, 0.4) is 0 Å². The van der Waals surface area contributed by atoms with Crippen molar-refractivity contribution in [2.24, 2.45) is 11.1 Å². The zero-order valence-electron chi connectivity index (χ0n) is 16.1. The third kappa shape index (κ3) is 3.74. The lowest BCUT2D eigenvalue weighted by molar-refractivity contribution is 0.0995. The van der Waals surface area contributed by atoms with Crippen LogP contribution in [0.2, 0.25) is 0 Å². The summed E-state index contributed by atoms with van der Waals surface area (Å²) < 4.78 is 0. The number of amides is 1. The molecule has 7 nitrogen and oxygen atoms in total. The average Bonchev–Trinajstić information content (AvgIpc) is 3.08. The molecule has 28 heavy (non-hydrogen) atoms. The van der Waals surface area contributed by atoms with E-state index < -0.39 is 5.91 Å². The van der Waals surface area contributed by atoms with Gasteiger partial charge in [-0.25, -0.2) is 4.98 Å². The number of carbonyl (C=O) groups is 1. The minimum atomic E-state index is -0.559. The Hall–Kier alpha value is -3.22. The second-order valence-corrected chi connectivity index (χ2v) is 8.08. The first-order valence-corrected chi connectivity index (χ1v) is 9.42. The molecule has 0 fully saturated rings. The maximum atomic E-state index is 11.8. The van der Waals surface area contributed by atoms with Gasteiger partial charge in [-0.05, 0) is 48.4 Å². The van der Waals surface area contributed by atoms with E-state index in [9.17, 15) is 4.79 Å². The van der Waals surface area contributed by atoms with Gasteiger partial charge in [-0.2, -0.15) is 5.10 Å². The van der Waals surface area contributed by atoms with Gasteiger partial charge in [0.15, 0.2) is 0 Å². The monoisotopic (exact) mass is 376 g/mol. The van der Waals surface area contributed by atoms with E-state index in [1.165, 1.54) is 11.3 Å². The van der Waals surface area contributed by atoms with Crippen LogP contribution in [0.5, 0.6) is 0 Å². The Morgan fingerprint density at radius 1 is 1.36 bits per heavy atom. The molecule has 1 amide bonds. The molecule has 0 radical (unpaired) electrons. The van der Waals surface area contributed by atoms with Crippen molar-refractivity contribution in [3.63, 3.8) is 0 Å². The number of nitrogens with zero attached hydrogens (tertiary/aromatic N) is 3. The van der Waals surface area contributed by atoms with E-state index in [2.05, 4.69) is 39.3 Å². The molecule has 3 heterocycles. The molecule has 4 rings (SSSR count). The van der Waals surface area contributed by atoms with Gasteiger partial charge < -0.3 is 11.1 Å². The minimum Gasteiger partial charge on any atom is -0.366 e. The first-order chi connectivity index (χ1) is 13.4. The molecule has 0 saturated heterocycles. The molecule has 144 valence electrons. The predicted octanol–water partition coefficient (Wildman–Crippen LogP) is 3.09. The fourth-order valence-electron chi connectivity index (χ4n) is 3.67. The SMILES string of the molecule is CC1(C)CCc2c(-c3cc(NCc4cccnc4)nc(C(N)=O)c3)n[nH]c2C1. The third-order valence-corrected chi connectivity index (χ3v) is 5.21. The molecule has 0 bridgehead atoms. The lowest BCUT2D eigenvalue weighted by Gasteiger charge is -2.29. The van der Waals surface area contributed by atoms with Crippen molar-refractivity contribution in [2.45, 2.75) is 39.7 Å². The van der Waals surface area contributed by atoms with E-state index in [1.54, 1.807) is 18.5 Å². The minimum absolute atomic E-state index is 0.221. The number of hydrogen-bond donors (Lipinski definition) is 3. The van der Waals surface area contributed by atoms with E-state index >= 15 is 0 Å². The van der Waals surface area contributed by atoms with E-state index in [0.29, 0.717) is 12.4 Å². The molecule has 0 spiro atoms. The number of aromatic amines is 1. The smallest absolute Gasteiger partial charge is 0.267 e. The number of primary amides is 1. The molecular weight excluding hydrogens is 352 g/mol. The second kappa shape index (κ2) is 7.07. The molecule has 7 heteroatoms. The highest BCUT2D eigenvalue weighted by Gasteiger charge is 2.29. The van der Waals surface area contributed by atoms with E-state index in [-0.39, 0.29) is 11.1 Å². The average molecular weight is 376 g/mol. The van der Waals surface area contributed by atoms with Crippen LogP contribution in [0.1, 0.15) is 47.6 Å². The lowest BCUT2D eigenvalue weighted by Crippen LogP contribution is -2.22. The van der Waals surface area contributed by atoms with Gasteiger partial charge in [0.25, 0.3) is 5.91 Å². The number of nitrogens with two attached hydrogens (primary N) is 1. The highest BCUT2D eigenvalue weighted by atomic mass is 16.1. The Bertz CT molecular complexity index is 1010. The molecule has 0 saturated carbocycles. The molecule has 0 aliphatic heterocycles. The van der Waals surface area contributed by atoms with E-state index in [1.807, 2.05) is 18.2 Å². The number of nitrogens with one attached hydrogen (secondary N) is 2. The van der Waals surface area contributed by atoms with Gasteiger partial charge in [-0.1, -0.05) is 19.9 Å². The quantitative estimate of drug-likeness (QED) is 0.634. The Morgan fingerprint density at radius 2 is 2.21 bits per heavy atom. The molecule has 1 aliphatic rings. The number of H-pyrrole nitrogens is 1. The van der Waals surface area contributed by atoms with Gasteiger partial charge in [0.1, 0.15) is 11.5 Å². The number of anilines is 1. The molecule has 0 atom stereocenters. The third-order valence-electron chi connectivity index (χ3n) is 5.21. The maximum absolute atomic E-state index is 11.8. The Labute approximate surface area is 163 Å². The summed E-state index contributed by atoms with van der Waals surface area (Å²) >= 11 is 0. The summed E-state index contributed by atoms with van der Waals surface area (Å²) in [7, 11) is 0. The van der Waals surface area contributed by atoms with Crippen LogP contribution in [0.25, 0.3) is 11.3 Å². The molecule has 0 aromatic carbocycles. The zero-order chi connectivity index (χ0) is 19.7. The van der Waals surface area contributed by atoms with Gasteiger partial charge >= 0.3 is 0 Å². The fraction of sp³-hybridized carbons (Fsp3) is 0.333. The van der Waals surface area contributed by atoms with Crippen molar-refractivity contribution in [3.8, 4) is 11.3 Å². The number of rotatable bonds is 5. The van der Waals surface area contributed by atoms with E-state index in [4.69, 9.17) is 5.73 Å². The van der Waals surface area contributed by atoms with Crippen molar-refractivity contribution in [3.05, 3.63) is 59.2 Å². The van der Waals surface area contributed by atoms with Gasteiger partial charge in [0.2, 0.25) is 0 Å². The highest BCUT2D eigenvalue weighted by Crippen LogP contribution is 2.38. The predicted molar refractivity (Wildman–Crippen MR) is 108 cm³/mol. The number of hydrogen-bond acceptors (Lipinski definition) is 5. The lowest BCUT2D eigenvalue weighted by atomic mass is 9.76. The summed E-state index contributed by atoms with van der Waals surface area (Å²) in [5, 5.41) is 11.0. The van der Waals surface area contributed by atoms with Gasteiger partial charge in [-0.15, -0.1) is 0 Å². The maximum Gasteiger partial charge on any atom is 0.267 e. The van der Waals surface area contributed by atoms with Crippen LogP contribution in [-0.2, 0) is 19.4 Å². The Balaban J connectivity index is 1.67. The van der Waals surface area contributed by atoms with Gasteiger partial charge in [0, 0.05) is 35.8 Å². The molecule has 3 aromatic rings. The fourth-order valence-corrected chi connectivity index (χ4v) is 3.67. The second-order valence-electron chi connectivity index (χ2n) is 8.08. The number of pyridine rings is 2. The van der Waals surface area contributed by atoms with Crippen LogP contribution in [0.4, 0.5) is 5.82 Å². The normalized spacial score (nSPS) is 15.1. The van der Waals surface area contributed by atoms with Crippen molar-refractivity contribution in [1.82, 2.24) is 20.2 Å². The number of aromatic nitrogens is 4. The largest absolute Gasteiger partial charge is 0.366 e. The van der Waals surface area contributed by atoms with Gasteiger partial charge in [0.05, 0.1) is 5.69 Å². The van der Waals surface area contributed by atoms with Crippen LogP contribution < -0.4 is 11.1 Å². The summed E-state index contributed by atoms with van der Waals surface area (Å²) in [6.07, 6.45) is 6.55. The number of fused-ring (bicyclic) bond motifs is 1. The molecule has 1 aliphatic carbocycles. The summed E-state index contributed by atoms with van der Waals surface area (Å²) in [6, 6.07) is 7.49. The first-order valence-electron chi connectivity index (χ1n) is 9.42. The Kier molecular flexibility index (Phi) is 4.58. The molecule has 0 unspecified atom stereocenters. The van der Waals surface area contributed by atoms with E-state index in [0.717, 1.165) is 36.1 Å². The van der Waals surface area contributed by atoms with Crippen LogP contribution in [-0.4, -0.2) is 26.1 Å². The van der Waals surface area contributed by atoms with Crippen molar-refractivity contribution in [2.75, 3.05) is 5.32 Å². The van der Waals surface area contributed by atoms with Crippen LogP contribution in [0, 0.1) is 5.41 Å². The summed E-state index contributed by atoms with van der Waals surface area (Å²) in [5.74, 6) is 0.0276. The van der Waals surface area contributed by atoms with Crippen LogP contribution >= 0.6 is 0 Å². The Morgan fingerprint density at radius 3 is 2.96 bits per heavy atom. The zero-order valence-corrected chi connectivity index (χ0v) is 16.1. The summed E-state index contributed by atoms with van der Waals surface area (Å²) in [6.45, 7) is 5.10.